The largest absolute Gasteiger partial charge is 0.486 e. The number of rotatable bonds is 18. The molecule has 7 N–H and O–H groups in total. The Labute approximate surface area is 873 Å². The highest BCUT2D eigenvalue weighted by Gasteiger charge is 2.39. The minimum atomic E-state index is -0.932. The molecule has 8 aliphatic heterocycles. The zero-order valence-electron chi connectivity index (χ0n) is 83.0. The maximum Gasteiger partial charge on any atom is 0.322 e. The molecule has 14 aromatic rings. The number of carbonyl (C=O) groups excluding carboxylic acids is 4. The van der Waals surface area contributed by atoms with Crippen molar-refractivity contribution < 1.29 is 48.0 Å². The Bertz CT molecular complexity index is 7360. The first-order valence-corrected chi connectivity index (χ1v) is 52.1. The highest BCUT2D eigenvalue weighted by atomic mass is 35.5. The van der Waals surface area contributed by atoms with Gasteiger partial charge in [-0.1, -0.05) is 212 Å². The number of aliphatic carboxylic acids is 1. The number of para-hydroxylation sites is 1. The van der Waals surface area contributed by atoms with E-state index < -0.39 is 5.97 Å². The molecular formula is C118H116ClN13O10S4. The third-order valence-electron chi connectivity index (χ3n) is 25.5. The number of anilines is 4. The lowest BCUT2D eigenvalue weighted by molar-refractivity contribution is -0.135. The van der Waals surface area contributed by atoms with Gasteiger partial charge in [0, 0.05) is 127 Å². The van der Waals surface area contributed by atoms with E-state index in [1.807, 2.05) is 226 Å². The Hall–Kier alpha value is -15.3. The summed E-state index contributed by atoms with van der Waals surface area (Å²) in [6.07, 6.45) is 14.3. The summed E-state index contributed by atoms with van der Waals surface area (Å²) in [4.78, 5) is 84.5. The molecule has 146 heavy (non-hydrogen) atoms. The average molecular weight is 2040 g/mol. The number of carboxylic acids is 1. The molecule has 12 heterocycles. The molecule has 0 fully saturated rings. The second-order valence-electron chi connectivity index (χ2n) is 36.5. The van der Waals surface area contributed by atoms with Crippen LogP contribution in [0.15, 0.2) is 324 Å². The van der Waals surface area contributed by atoms with Crippen molar-refractivity contribution in [3.8, 4) is 45.5 Å². The number of ketones is 1. The van der Waals surface area contributed by atoms with E-state index in [0.717, 1.165) is 179 Å². The molecule has 22 rings (SSSR count). The fourth-order valence-electron chi connectivity index (χ4n) is 17.3. The number of hydrazone groups is 1. The molecule has 8 aliphatic rings. The van der Waals surface area contributed by atoms with Crippen LogP contribution in [0.3, 0.4) is 0 Å². The number of thiophene rings is 3. The van der Waals surface area contributed by atoms with Gasteiger partial charge >= 0.3 is 5.97 Å². The van der Waals surface area contributed by atoms with Crippen LogP contribution >= 0.6 is 57.4 Å². The van der Waals surface area contributed by atoms with Gasteiger partial charge in [-0.05, 0) is 233 Å². The molecule has 0 aliphatic carbocycles. The number of thioether (sulfide) groups is 1. The second kappa shape index (κ2) is 48.4. The minimum absolute atomic E-state index is 0.0244. The van der Waals surface area contributed by atoms with E-state index in [9.17, 15) is 24.0 Å². The smallest absolute Gasteiger partial charge is 0.322 e. The van der Waals surface area contributed by atoms with E-state index in [1.165, 1.54) is 65.6 Å². The number of Topliss-reactive ketones (excluding diaryl/α,β-unsaturated/α-hetero) is 1. The lowest BCUT2D eigenvalue weighted by atomic mass is 9.88. The summed E-state index contributed by atoms with van der Waals surface area (Å²) < 4.78 is 23.1. The molecule has 10 aromatic carbocycles. The molecular weight excluding hydrogens is 1920 g/mol. The van der Waals surface area contributed by atoms with Gasteiger partial charge in [-0.15, -0.1) is 45.8 Å². The summed E-state index contributed by atoms with van der Waals surface area (Å²) in [5, 5.41) is 33.9. The lowest BCUT2D eigenvalue weighted by Gasteiger charge is -2.34. The molecule has 3 amide bonds. The first-order chi connectivity index (χ1) is 70.6. The number of benzene rings is 10. The molecule has 0 spiro atoms. The fraction of sp³-hybridized carbons (Fsp3) is 0.220. The number of nitrogens with zero attached hydrogens (tertiary/aromatic N) is 7. The molecule has 0 saturated heterocycles. The summed E-state index contributed by atoms with van der Waals surface area (Å²) in [5.74, 6) is 6.11. The third kappa shape index (κ3) is 26.8. The summed E-state index contributed by atoms with van der Waals surface area (Å²) in [7, 11) is 0. The van der Waals surface area contributed by atoms with Crippen molar-refractivity contribution in [3.63, 3.8) is 0 Å². The molecule has 28 heteroatoms. The first kappa shape index (κ1) is 104. The Morgan fingerprint density at radius 1 is 0.630 bits per heavy atom. The van der Waals surface area contributed by atoms with Gasteiger partial charge in [0.15, 0.2) is 34.6 Å². The predicted octanol–water partition coefficient (Wildman–Crippen LogP) is 26.1. The van der Waals surface area contributed by atoms with Gasteiger partial charge in [-0.3, -0.25) is 34.4 Å². The minimum Gasteiger partial charge on any atom is -0.486 e. The quantitative estimate of drug-likeness (QED) is 0.0239. The van der Waals surface area contributed by atoms with E-state index in [0.29, 0.717) is 54.4 Å². The normalized spacial score (nSPS) is 15.9. The second-order valence-corrected chi connectivity index (χ2v) is 41.5. The van der Waals surface area contributed by atoms with Crippen LogP contribution in [0, 0.1) is 48.5 Å². The van der Waals surface area contributed by atoms with Crippen molar-refractivity contribution >= 4 is 138 Å². The number of aliphatic imine (C=N–C) groups is 2. The van der Waals surface area contributed by atoms with Crippen molar-refractivity contribution in [2.75, 3.05) is 66.7 Å². The van der Waals surface area contributed by atoms with Crippen LogP contribution in [-0.4, -0.2) is 122 Å². The zero-order chi connectivity index (χ0) is 102. The number of ether oxygens (including phenoxy) is 4. The van der Waals surface area contributed by atoms with E-state index >= 15 is 0 Å². The van der Waals surface area contributed by atoms with Gasteiger partial charge in [-0.25, -0.2) is 15.0 Å². The number of hydrogen-bond donors (Lipinski definition) is 7. The van der Waals surface area contributed by atoms with Crippen LogP contribution in [-0.2, 0) is 29.1 Å². The Morgan fingerprint density at radius 2 is 1.29 bits per heavy atom. The topological polar surface area (TPSA) is 284 Å². The summed E-state index contributed by atoms with van der Waals surface area (Å²) in [6.45, 7) is 34.1. The molecule has 0 saturated carbocycles. The van der Waals surface area contributed by atoms with Crippen LogP contribution in [0.2, 0.25) is 4.34 Å². The van der Waals surface area contributed by atoms with Crippen LogP contribution in [0.4, 0.5) is 22.2 Å². The molecule has 3 unspecified atom stereocenters. The zero-order valence-corrected chi connectivity index (χ0v) is 87.0. The molecule has 0 bridgehead atoms. The van der Waals surface area contributed by atoms with Crippen molar-refractivity contribution in [2.24, 2.45) is 15.1 Å². The fourth-order valence-corrected chi connectivity index (χ4v) is 21.4. The van der Waals surface area contributed by atoms with Gasteiger partial charge in [0.05, 0.1) is 33.9 Å². The summed E-state index contributed by atoms with van der Waals surface area (Å²) >= 11 is 12.4. The number of carbonyl (C=O) groups is 5. The highest BCUT2D eigenvalue weighted by Crippen LogP contribution is 2.50. The number of amides is 3. The van der Waals surface area contributed by atoms with E-state index in [4.69, 9.17) is 35.7 Å². The number of amidine groups is 2. The monoisotopic (exact) mass is 2040 g/mol. The van der Waals surface area contributed by atoms with Crippen molar-refractivity contribution in [2.45, 2.75) is 124 Å². The maximum absolute atomic E-state index is 12.7. The SMILES string of the molecule is C=C1CC(c2ccc(Cl)s2)c2cc3c(cc2N1)OCO3.C=C1CC(c2cccs2)c2cc3c(cc2N1)OCCO3.C=C1CCC(N/N=C/c2ccc(C)c(C)c2)=N1.CC(=O)c1c(-c2ccc(C)cc2)csc1NC(=O)CSC1(C)CN=C2C=CC=CN21.Cc1ccc(CNC(=O)c2ccc(C)c(C)c2)cc1.Cc1cccc(C(=O)N2CCc3ccccc3C2)c1.O=C(O)CNc1nc(-c2ccccc2)nc2ccccc12. The molecule has 4 aromatic heterocycles. The highest BCUT2D eigenvalue weighted by molar-refractivity contribution is 8.01. The summed E-state index contributed by atoms with van der Waals surface area (Å²) in [5.41, 5.74) is 29.4. The van der Waals surface area contributed by atoms with Gasteiger partial charge in [-0.2, -0.15) is 5.10 Å². The molecule has 3 atom stereocenters. The number of halogens is 1. The standard InChI is InChI=1S/C23H23N3O2S2.C17H17NO.C17H19NO.C16H13N3O2.C16H15NO2S.C15H12ClNO2S.C14H17N3/c1-15-7-9-17(10-8-15)18-12-29-22(21(18)16(2)27)25-20(28)13-30-23(3)14-24-19-6-4-5-11-26(19)23;1-13-5-4-8-15(11-13)17(19)18-10-9-14-6-2-3-7-16(14)12-18;1-12-4-7-15(8-5-12)11-18-17(19)16-9-6-13(2)14(3)10-16;20-14(21)10-17-16-12-8-4-5-9-13(12)18-15(19-16)11-6-2-1-3-7-11;1-10-7-12(16-3-2-6-20-16)11-8-14-15(9-13(11)17-10)19-5-4-18-14;1-8-4-10(14-2-3-15(16)20-14)9-5-12-13(19-7-18-12)6-11(9)17-8;1-10-4-6-13(8-11(10)2)9-15-17-14-7-5-12(3)16-14/h4-12H,13-14H2,1-3H3,(H,25,28);2-8,11H,9-10,12H2,1H3;4-10H,11H2,1-3H3,(H,18,19);1-9H,10H2,(H,20,21)(H,17,18,19);2-3,6,8-9,12,17H,1,4-5,7H2;2-3,5-6,10,17H,1,4,7H2;4,6,8-9H,3,5,7H2,1-2H3,(H,16,17)/b;;;;;;15-9+. The van der Waals surface area contributed by atoms with Crippen LogP contribution < -0.4 is 51.0 Å². The lowest BCUT2D eigenvalue weighted by Crippen LogP contribution is -2.41. The van der Waals surface area contributed by atoms with Gasteiger partial charge < -0.3 is 60.4 Å². The number of aryl methyl sites for hydroxylation is 7. The first-order valence-electron chi connectivity index (χ1n) is 48.2. The Kier molecular flexibility index (Phi) is 34.4. The van der Waals surface area contributed by atoms with Crippen molar-refractivity contribution in [3.05, 3.63) is 412 Å². The molecule has 0 radical (unpaired) electrons. The number of nitrogens with one attached hydrogen (secondary N) is 6. The van der Waals surface area contributed by atoms with Gasteiger partial charge in [0.1, 0.15) is 47.1 Å². The maximum atomic E-state index is 12.7. The number of hydrogen-bond acceptors (Lipinski definition) is 23. The van der Waals surface area contributed by atoms with Gasteiger partial charge in [0.25, 0.3) is 11.8 Å². The van der Waals surface area contributed by atoms with Gasteiger partial charge in [0.2, 0.25) is 12.7 Å². The van der Waals surface area contributed by atoms with Crippen molar-refractivity contribution in [1.29, 1.82) is 0 Å². The summed E-state index contributed by atoms with van der Waals surface area (Å²) in [6, 6.07) is 78.1. The molecule has 744 valence electrons. The predicted molar refractivity (Wildman–Crippen MR) is 596 cm³/mol. The number of aromatic nitrogens is 2. The molecule has 23 nitrogen and oxygen atoms in total. The number of carboxylic acid groups (broad SMARTS) is 1. The van der Waals surface area contributed by atoms with E-state index in [1.54, 1.807) is 41.4 Å². The Morgan fingerprint density at radius 3 is 1.96 bits per heavy atom. The average Bonchev–Trinajstić information content (AvgIpc) is 1.39. The number of fused-ring (bicyclic) bond motifs is 7. The third-order valence-corrected chi connectivity index (χ3v) is 30.0. The number of allylic oxidation sites excluding steroid dienone is 5. The van der Waals surface area contributed by atoms with E-state index in [2.05, 4.69) is 194 Å². The Balaban J connectivity index is 0.000000123. The van der Waals surface area contributed by atoms with Crippen molar-refractivity contribution in [1.82, 2.24) is 30.5 Å². The van der Waals surface area contributed by atoms with Crippen LogP contribution in [0.5, 0.6) is 23.0 Å². The van der Waals surface area contributed by atoms with Crippen LogP contribution in [0.1, 0.15) is 165 Å². The van der Waals surface area contributed by atoms with Crippen LogP contribution in [0.25, 0.3) is 33.4 Å². The van der Waals surface area contributed by atoms with E-state index in [-0.39, 0.29) is 53.4 Å².